The molecule has 0 aromatic carbocycles. The summed E-state index contributed by atoms with van der Waals surface area (Å²) >= 11 is 3.36. The normalized spacial score (nSPS) is 14.6. The third-order valence-electron chi connectivity index (χ3n) is 4.17. The lowest BCUT2D eigenvalue weighted by molar-refractivity contribution is -0.147. The summed E-state index contributed by atoms with van der Waals surface area (Å²) in [6.45, 7) is 1.31. The van der Waals surface area contributed by atoms with Crippen LogP contribution >= 0.6 is 44.7 Å². The van der Waals surface area contributed by atoms with Gasteiger partial charge in [-0.05, 0) is 54.2 Å². The van der Waals surface area contributed by atoms with Crippen molar-refractivity contribution >= 4 is 66.4 Å². The molecule has 0 spiro atoms. The van der Waals surface area contributed by atoms with Gasteiger partial charge >= 0.3 is 5.97 Å². The van der Waals surface area contributed by atoms with Crippen LogP contribution in [0.15, 0.2) is 16.8 Å². The SMILES string of the molecule is CSCC[C@H](N)CSSCC(Cc1ccsc1)C(=O)N[C@@H](C)C(=O)OCCS(C)(=O)=O. The summed E-state index contributed by atoms with van der Waals surface area (Å²) in [6.07, 6.45) is 4.68. The third kappa shape index (κ3) is 13.7. The van der Waals surface area contributed by atoms with E-state index < -0.39 is 21.8 Å². The van der Waals surface area contributed by atoms with Crippen LogP contribution in [0.2, 0.25) is 0 Å². The van der Waals surface area contributed by atoms with Crippen LogP contribution in [0.4, 0.5) is 0 Å². The minimum Gasteiger partial charge on any atom is -0.463 e. The van der Waals surface area contributed by atoms with E-state index in [-0.39, 0.29) is 30.2 Å². The van der Waals surface area contributed by atoms with Gasteiger partial charge in [0.1, 0.15) is 12.6 Å². The van der Waals surface area contributed by atoms with E-state index in [1.807, 2.05) is 16.8 Å². The maximum Gasteiger partial charge on any atom is 0.328 e. The average molecular weight is 529 g/mol. The minimum absolute atomic E-state index is 0.135. The van der Waals surface area contributed by atoms with Crippen molar-refractivity contribution in [1.82, 2.24) is 5.32 Å². The Balaban J connectivity index is 2.54. The van der Waals surface area contributed by atoms with Crippen molar-refractivity contribution in [3.63, 3.8) is 0 Å². The van der Waals surface area contributed by atoms with Gasteiger partial charge in [0.25, 0.3) is 0 Å². The van der Waals surface area contributed by atoms with Gasteiger partial charge in [0.05, 0.1) is 11.7 Å². The Morgan fingerprint density at radius 3 is 2.61 bits per heavy atom. The number of rotatable bonds is 16. The molecule has 7 nitrogen and oxygen atoms in total. The molecule has 178 valence electrons. The lowest BCUT2D eigenvalue weighted by Gasteiger charge is -2.19. The molecule has 0 bridgehead atoms. The van der Waals surface area contributed by atoms with Gasteiger partial charge < -0.3 is 15.8 Å². The lowest BCUT2D eigenvalue weighted by Crippen LogP contribution is -2.44. The molecule has 1 heterocycles. The third-order valence-corrected chi connectivity index (χ3v) is 9.04. The van der Waals surface area contributed by atoms with E-state index in [9.17, 15) is 18.0 Å². The van der Waals surface area contributed by atoms with E-state index in [1.54, 1.807) is 44.7 Å². The molecule has 1 aromatic heterocycles. The molecule has 1 amide bonds. The Hall–Kier alpha value is -0.400. The zero-order valence-corrected chi connectivity index (χ0v) is 22.2. The molecule has 0 aliphatic rings. The molecule has 1 unspecified atom stereocenters. The second kappa shape index (κ2) is 15.4. The summed E-state index contributed by atoms with van der Waals surface area (Å²) in [6, 6.07) is 1.27. The van der Waals surface area contributed by atoms with E-state index >= 15 is 0 Å². The van der Waals surface area contributed by atoms with Crippen LogP contribution in [0.1, 0.15) is 18.9 Å². The molecule has 12 heteroatoms. The van der Waals surface area contributed by atoms with Crippen LogP contribution in [0, 0.1) is 5.92 Å². The number of ether oxygens (including phenoxy) is 1. The lowest BCUT2D eigenvalue weighted by atomic mass is 10.0. The van der Waals surface area contributed by atoms with Gasteiger partial charge in [-0.1, -0.05) is 21.6 Å². The van der Waals surface area contributed by atoms with E-state index in [0.29, 0.717) is 12.2 Å². The molecule has 1 rings (SSSR count). The largest absolute Gasteiger partial charge is 0.463 e. The van der Waals surface area contributed by atoms with Crippen LogP contribution < -0.4 is 11.1 Å². The van der Waals surface area contributed by atoms with Crippen molar-refractivity contribution in [2.45, 2.75) is 31.8 Å². The molecular weight excluding hydrogens is 497 g/mol. The van der Waals surface area contributed by atoms with Gasteiger partial charge in [-0.25, -0.2) is 13.2 Å². The van der Waals surface area contributed by atoms with Gasteiger partial charge in [0, 0.05) is 23.8 Å². The van der Waals surface area contributed by atoms with Crippen LogP contribution in [0.3, 0.4) is 0 Å². The zero-order valence-electron chi connectivity index (χ0n) is 18.1. The summed E-state index contributed by atoms with van der Waals surface area (Å²) in [5.41, 5.74) is 7.18. The number of carbonyl (C=O) groups is 2. The van der Waals surface area contributed by atoms with Crippen molar-refractivity contribution < 1.29 is 22.7 Å². The van der Waals surface area contributed by atoms with Crippen molar-refractivity contribution in [2.24, 2.45) is 11.7 Å². The summed E-state index contributed by atoms with van der Waals surface area (Å²) in [4.78, 5) is 24.9. The first-order chi connectivity index (χ1) is 14.6. The highest BCUT2D eigenvalue weighted by Crippen LogP contribution is 2.27. The number of thiophene rings is 1. The maximum absolute atomic E-state index is 12.8. The summed E-state index contributed by atoms with van der Waals surface area (Å²) < 4.78 is 27.3. The fourth-order valence-corrected chi connectivity index (χ4v) is 6.52. The van der Waals surface area contributed by atoms with Gasteiger partial charge in [0.15, 0.2) is 9.84 Å². The van der Waals surface area contributed by atoms with Crippen LogP contribution in [-0.2, 0) is 30.6 Å². The number of hydrogen-bond donors (Lipinski definition) is 2. The Bertz CT molecular complexity index is 758. The molecular formula is C19H32N2O5S5. The zero-order chi connectivity index (χ0) is 23.3. The van der Waals surface area contributed by atoms with Crippen LogP contribution in [0.5, 0.6) is 0 Å². The highest BCUT2D eigenvalue weighted by atomic mass is 33.1. The fourth-order valence-electron chi connectivity index (χ4n) is 2.35. The molecule has 1 aromatic rings. The highest BCUT2D eigenvalue weighted by Gasteiger charge is 2.24. The number of thioether (sulfide) groups is 1. The van der Waals surface area contributed by atoms with Crippen molar-refractivity contribution in [2.75, 3.05) is 42.1 Å². The number of amides is 1. The van der Waals surface area contributed by atoms with Gasteiger partial charge in [-0.3, -0.25) is 4.79 Å². The van der Waals surface area contributed by atoms with Gasteiger partial charge in [0.2, 0.25) is 5.91 Å². The summed E-state index contributed by atoms with van der Waals surface area (Å²) in [5.74, 6) is 1.03. The molecule has 0 saturated carbocycles. The van der Waals surface area contributed by atoms with E-state index in [0.717, 1.165) is 29.7 Å². The second-order valence-corrected chi connectivity index (χ2v) is 13.7. The quantitative estimate of drug-likeness (QED) is 0.190. The Labute approximate surface area is 201 Å². The number of esters is 1. The summed E-state index contributed by atoms with van der Waals surface area (Å²) in [5, 5.41) is 6.69. The van der Waals surface area contributed by atoms with Gasteiger partial charge in [-0.15, -0.1) is 0 Å². The van der Waals surface area contributed by atoms with Crippen LogP contribution in [-0.4, -0.2) is 74.5 Å². The Morgan fingerprint density at radius 1 is 1.29 bits per heavy atom. The van der Waals surface area contributed by atoms with Crippen molar-refractivity contribution in [3.8, 4) is 0 Å². The maximum atomic E-state index is 12.8. The first kappa shape index (κ1) is 28.6. The number of nitrogens with one attached hydrogen (secondary N) is 1. The molecule has 3 atom stereocenters. The number of carbonyl (C=O) groups excluding carboxylic acids is 2. The molecule has 0 fully saturated rings. The van der Waals surface area contributed by atoms with Crippen molar-refractivity contribution in [3.05, 3.63) is 22.4 Å². The number of sulfone groups is 1. The Morgan fingerprint density at radius 2 is 2.00 bits per heavy atom. The van der Waals surface area contributed by atoms with E-state index in [4.69, 9.17) is 10.5 Å². The van der Waals surface area contributed by atoms with Crippen LogP contribution in [0.25, 0.3) is 0 Å². The predicted octanol–water partition coefficient (Wildman–Crippen LogP) is 2.46. The monoisotopic (exact) mass is 528 g/mol. The highest BCUT2D eigenvalue weighted by molar-refractivity contribution is 8.76. The standard InChI is InChI=1S/C19H32N2O5S5/c1-14(19(23)26-6-9-31(3,24)25)21-18(22)16(10-15-4-8-28-11-15)12-29-30-13-17(20)5-7-27-2/h4,8,11,14,16-17H,5-7,9-10,12-13,20H2,1-3H3,(H,21,22)/t14-,16?,17-/m0/s1. The second-order valence-electron chi connectivity index (χ2n) is 7.17. The molecule has 0 saturated heterocycles. The van der Waals surface area contributed by atoms with E-state index in [1.165, 1.54) is 6.92 Å². The molecule has 31 heavy (non-hydrogen) atoms. The molecule has 0 radical (unpaired) electrons. The van der Waals surface area contributed by atoms with Gasteiger partial charge in [-0.2, -0.15) is 23.1 Å². The molecule has 3 N–H and O–H groups in total. The average Bonchev–Trinajstić information content (AvgIpc) is 3.20. The minimum atomic E-state index is -3.21. The first-order valence-electron chi connectivity index (χ1n) is 9.77. The summed E-state index contributed by atoms with van der Waals surface area (Å²) in [7, 11) is 0.0660. The fraction of sp³-hybridized carbons (Fsp3) is 0.684. The predicted molar refractivity (Wildman–Crippen MR) is 136 cm³/mol. The first-order valence-corrected chi connectivity index (χ1v) is 16.7. The number of hydrogen-bond acceptors (Lipinski definition) is 10. The Kier molecular flexibility index (Phi) is 14.3. The smallest absolute Gasteiger partial charge is 0.328 e. The topological polar surface area (TPSA) is 116 Å². The number of nitrogens with two attached hydrogens (primary N) is 1. The molecule has 0 aliphatic carbocycles. The van der Waals surface area contributed by atoms with Crippen molar-refractivity contribution in [1.29, 1.82) is 0 Å². The van der Waals surface area contributed by atoms with E-state index in [2.05, 4.69) is 11.6 Å². The molecule has 0 aliphatic heterocycles.